The van der Waals surface area contributed by atoms with E-state index in [0.717, 1.165) is 5.56 Å². The van der Waals surface area contributed by atoms with E-state index in [1.165, 1.54) is 0 Å². The SMILES string of the molecule is CC1=C(C(=O)OC(C)S)C(c2ccccc2C)C([N+](=O)[O-])=C(C)N1. The highest BCUT2D eigenvalue weighted by Crippen LogP contribution is 2.40. The van der Waals surface area contributed by atoms with Gasteiger partial charge in [-0.1, -0.05) is 24.3 Å². The molecule has 1 N–H and O–H groups in total. The number of carbonyl (C=O) groups excluding carboxylic acids is 1. The fourth-order valence-electron chi connectivity index (χ4n) is 2.93. The van der Waals surface area contributed by atoms with Crippen LogP contribution in [0, 0.1) is 17.0 Å². The number of benzene rings is 1. The molecule has 1 aliphatic heterocycles. The Kier molecular flexibility index (Phi) is 5.33. The van der Waals surface area contributed by atoms with Crippen molar-refractivity contribution in [1.82, 2.24) is 5.32 Å². The van der Waals surface area contributed by atoms with Crippen LogP contribution in [0.4, 0.5) is 0 Å². The van der Waals surface area contributed by atoms with Crippen molar-refractivity contribution in [2.24, 2.45) is 0 Å². The van der Waals surface area contributed by atoms with Gasteiger partial charge in [0.15, 0.2) is 0 Å². The number of nitrogens with one attached hydrogen (secondary N) is 1. The van der Waals surface area contributed by atoms with Crippen molar-refractivity contribution in [3.05, 3.63) is 68.2 Å². The summed E-state index contributed by atoms with van der Waals surface area (Å²) in [5.74, 6) is -1.40. The molecule has 6 nitrogen and oxygen atoms in total. The average Bonchev–Trinajstić information content (AvgIpc) is 2.45. The molecule has 24 heavy (non-hydrogen) atoms. The van der Waals surface area contributed by atoms with E-state index >= 15 is 0 Å². The number of hydrogen-bond acceptors (Lipinski definition) is 6. The molecule has 2 unspecified atom stereocenters. The van der Waals surface area contributed by atoms with Crippen LogP contribution in [0.5, 0.6) is 0 Å². The number of allylic oxidation sites excluding steroid dienone is 3. The van der Waals surface area contributed by atoms with Gasteiger partial charge in [0, 0.05) is 5.70 Å². The van der Waals surface area contributed by atoms with E-state index in [9.17, 15) is 14.9 Å². The molecule has 0 saturated heterocycles. The average molecular weight is 348 g/mol. The Morgan fingerprint density at radius 2 is 1.92 bits per heavy atom. The highest BCUT2D eigenvalue weighted by Gasteiger charge is 2.41. The summed E-state index contributed by atoms with van der Waals surface area (Å²) in [6.07, 6.45) is 0. The van der Waals surface area contributed by atoms with Crippen LogP contribution in [-0.4, -0.2) is 16.3 Å². The lowest BCUT2D eigenvalue weighted by molar-refractivity contribution is -0.431. The molecule has 0 amide bonds. The van der Waals surface area contributed by atoms with E-state index in [1.54, 1.807) is 32.9 Å². The molecule has 128 valence electrons. The van der Waals surface area contributed by atoms with E-state index in [4.69, 9.17) is 4.74 Å². The van der Waals surface area contributed by atoms with E-state index in [1.807, 2.05) is 19.1 Å². The van der Waals surface area contributed by atoms with Gasteiger partial charge >= 0.3 is 5.97 Å². The smallest absolute Gasteiger partial charge is 0.338 e. The molecule has 0 aromatic heterocycles. The Morgan fingerprint density at radius 3 is 2.46 bits per heavy atom. The second-order valence-corrected chi connectivity index (χ2v) is 6.45. The van der Waals surface area contributed by atoms with Gasteiger partial charge in [-0.05, 0) is 38.8 Å². The lowest BCUT2D eigenvalue weighted by Crippen LogP contribution is -2.32. The fourth-order valence-corrected chi connectivity index (χ4v) is 3.02. The molecule has 0 bridgehead atoms. The van der Waals surface area contributed by atoms with E-state index in [0.29, 0.717) is 17.0 Å². The van der Waals surface area contributed by atoms with Crippen LogP contribution in [0.15, 0.2) is 46.9 Å². The summed E-state index contributed by atoms with van der Waals surface area (Å²) < 4.78 is 5.20. The topological polar surface area (TPSA) is 81.5 Å². The zero-order valence-corrected chi connectivity index (χ0v) is 14.9. The molecule has 2 atom stereocenters. The number of nitrogens with zero attached hydrogens (tertiary/aromatic N) is 1. The Hall–Kier alpha value is -2.28. The summed E-state index contributed by atoms with van der Waals surface area (Å²) >= 11 is 4.07. The summed E-state index contributed by atoms with van der Waals surface area (Å²) in [6.45, 7) is 6.83. The highest BCUT2D eigenvalue weighted by atomic mass is 32.1. The number of dihydropyridines is 1. The molecule has 1 heterocycles. The van der Waals surface area contributed by atoms with Crippen molar-refractivity contribution >= 4 is 18.6 Å². The molecule has 1 aromatic carbocycles. The number of carbonyl (C=O) groups is 1. The maximum atomic E-state index is 12.6. The third-order valence-corrected chi connectivity index (χ3v) is 4.02. The maximum absolute atomic E-state index is 12.6. The molecule has 7 heteroatoms. The highest BCUT2D eigenvalue weighted by molar-refractivity contribution is 7.80. The van der Waals surface area contributed by atoms with Gasteiger partial charge < -0.3 is 10.1 Å². The van der Waals surface area contributed by atoms with Crippen LogP contribution in [0.25, 0.3) is 0 Å². The van der Waals surface area contributed by atoms with Crippen LogP contribution in [0.1, 0.15) is 37.8 Å². The van der Waals surface area contributed by atoms with Crippen molar-refractivity contribution in [1.29, 1.82) is 0 Å². The van der Waals surface area contributed by atoms with Gasteiger partial charge in [0.05, 0.1) is 16.2 Å². The minimum Gasteiger partial charge on any atom is -0.448 e. The predicted molar refractivity (Wildman–Crippen MR) is 94.0 cm³/mol. The van der Waals surface area contributed by atoms with Gasteiger partial charge in [-0.2, -0.15) is 0 Å². The molecule has 2 rings (SSSR count). The number of esters is 1. The lowest BCUT2D eigenvalue weighted by atomic mass is 9.82. The van der Waals surface area contributed by atoms with Gasteiger partial charge in [0.25, 0.3) is 5.70 Å². The third-order valence-electron chi connectivity index (χ3n) is 3.92. The van der Waals surface area contributed by atoms with Crippen LogP contribution >= 0.6 is 12.6 Å². The second-order valence-electron chi connectivity index (χ2n) is 5.73. The summed E-state index contributed by atoms with van der Waals surface area (Å²) in [6, 6.07) is 7.32. The van der Waals surface area contributed by atoms with Crippen LogP contribution < -0.4 is 5.32 Å². The zero-order chi connectivity index (χ0) is 18.0. The molecule has 0 radical (unpaired) electrons. The molecule has 1 aromatic rings. The molecule has 0 saturated carbocycles. The van der Waals surface area contributed by atoms with Crippen LogP contribution in [-0.2, 0) is 9.53 Å². The van der Waals surface area contributed by atoms with Crippen molar-refractivity contribution in [2.45, 2.75) is 39.0 Å². The first-order valence-corrected chi connectivity index (χ1v) is 8.03. The van der Waals surface area contributed by atoms with Crippen molar-refractivity contribution in [2.75, 3.05) is 0 Å². The van der Waals surface area contributed by atoms with Crippen LogP contribution in [0.2, 0.25) is 0 Å². The Labute approximate surface area is 146 Å². The zero-order valence-electron chi connectivity index (χ0n) is 14.0. The third kappa shape index (κ3) is 3.46. The van der Waals surface area contributed by atoms with E-state index in [2.05, 4.69) is 17.9 Å². The summed E-state index contributed by atoms with van der Waals surface area (Å²) in [5.41, 5.74) is 2.13. The quantitative estimate of drug-likeness (QED) is 0.287. The largest absolute Gasteiger partial charge is 0.448 e. The van der Waals surface area contributed by atoms with Gasteiger partial charge in [0.2, 0.25) is 0 Å². The molecular formula is C17H20N2O4S. The van der Waals surface area contributed by atoms with Gasteiger partial charge in [-0.15, -0.1) is 12.6 Å². The number of hydrogen-bond donors (Lipinski definition) is 2. The Bertz CT molecular complexity index is 753. The maximum Gasteiger partial charge on any atom is 0.338 e. The van der Waals surface area contributed by atoms with Gasteiger partial charge in [-0.25, -0.2) is 4.79 Å². The predicted octanol–water partition coefficient (Wildman–Crippen LogP) is 3.28. The molecule has 1 aliphatic rings. The minimum absolute atomic E-state index is 0.0475. The summed E-state index contributed by atoms with van der Waals surface area (Å²) in [4.78, 5) is 23.8. The standard InChI is InChI=1S/C17H20N2O4S/c1-9-7-5-6-8-13(9)15-14(17(20)23-12(4)24)10(2)18-11(3)16(15)19(21)22/h5-8,12,15,18,24H,1-4H3. The van der Waals surface area contributed by atoms with Crippen molar-refractivity contribution in [3.63, 3.8) is 0 Å². The normalized spacial score (nSPS) is 19.0. The number of nitro groups is 1. The first-order valence-electron chi connectivity index (χ1n) is 7.51. The first kappa shape index (κ1) is 18.1. The number of rotatable bonds is 4. The fraction of sp³-hybridized carbons (Fsp3) is 0.353. The first-order chi connectivity index (χ1) is 11.2. The minimum atomic E-state index is -0.790. The summed E-state index contributed by atoms with van der Waals surface area (Å²) in [5, 5.41) is 14.6. The number of ether oxygens (including phenoxy) is 1. The Balaban J connectivity index is 2.67. The van der Waals surface area contributed by atoms with Crippen molar-refractivity contribution in [3.8, 4) is 0 Å². The molecular weight excluding hydrogens is 328 g/mol. The monoisotopic (exact) mass is 348 g/mol. The number of thiol groups is 1. The lowest BCUT2D eigenvalue weighted by Gasteiger charge is -2.27. The summed E-state index contributed by atoms with van der Waals surface area (Å²) in [7, 11) is 0. The number of aryl methyl sites for hydroxylation is 1. The van der Waals surface area contributed by atoms with Crippen LogP contribution in [0.3, 0.4) is 0 Å². The second kappa shape index (κ2) is 7.09. The van der Waals surface area contributed by atoms with Crippen molar-refractivity contribution < 1.29 is 14.5 Å². The van der Waals surface area contributed by atoms with E-state index < -0.39 is 22.2 Å². The Morgan fingerprint density at radius 1 is 1.29 bits per heavy atom. The van der Waals surface area contributed by atoms with Gasteiger partial charge in [0.1, 0.15) is 11.4 Å². The van der Waals surface area contributed by atoms with Gasteiger partial charge in [-0.3, -0.25) is 10.1 Å². The molecule has 0 fully saturated rings. The molecule has 0 aliphatic carbocycles. The van der Waals surface area contributed by atoms with E-state index in [-0.39, 0.29) is 11.3 Å². The molecule has 0 spiro atoms.